The van der Waals surface area contributed by atoms with Gasteiger partial charge in [-0.25, -0.2) is 4.98 Å². The highest BCUT2D eigenvalue weighted by molar-refractivity contribution is 6.35. The lowest BCUT2D eigenvalue weighted by molar-refractivity contribution is 0.222. The maximum absolute atomic E-state index is 6.47. The molecule has 0 amide bonds. The molecule has 0 radical (unpaired) electrons. The van der Waals surface area contributed by atoms with Crippen LogP contribution in [0.4, 0.5) is 0 Å². The van der Waals surface area contributed by atoms with Gasteiger partial charge in [-0.2, -0.15) is 0 Å². The van der Waals surface area contributed by atoms with E-state index in [0.29, 0.717) is 11.9 Å². The predicted molar refractivity (Wildman–Crippen MR) is 90.4 cm³/mol. The Bertz CT molecular complexity index is 625. The molecule has 1 aromatic carbocycles. The van der Waals surface area contributed by atoms with Crippen LogP contribution < -0.4 is 0 Å². The van der Waals surface area contributed by atoms with Crippen LogP contribution in [-0.4, -0.2) is 15.4 Å². The number of fused-ring (bicyclic) bond motifs is 1. The number of halogens is 2. The van der Waals surface area contributed by atoms with Gasteiger partial charge in [0.05, 0.1) is 16.1 Å². The van der Waals surface area contributed by atoms with Crippen molar-refractivity contribution in [2.45, 2.75) is 45.6 Å². The van der Waals surface area contributed by atoms with Gasteiger partial charge >= 0.3 is 0 Å². The van der Waals surface area contributed by atoms with Crippen LogP contribution in [0.3, 0.4) is 0 Å². The minimum atomic E-state index is 0.492. The first-order valence-corrected chi connectivity index (χ1v) is 8.72. The number of para-hydroxylation sites is 1. The molecule has 1 aliphatic rings. The number of rotatable bonds is 3. The lowest BCUT2D eigenvalue weighted by Gasteiger charge is -2.33. The molecule has 0 N–H and O–H groups in total. The van der Waals surface area contributed by atoms with Crippen LogP contribution in [-0.2, 0) is 6.42 Å². The molecule has 2 aromatic rings. The van der Waals surface area contributed by atoms with Crippen LogP contribution in [0.2, 0.25) is 5.02 Å². The van der Waals surface area contributed by atoms with Gasteiger partial charge < -0.3 is 4.57 Å². The Morgan fingerprint density at radius 2 is 1.90 bits per heavy atom. The van der Waals surface area contributed by atoms with Crippen LogP contribution in [0.1, 0.15) is 45.0 Å². The number of aryl methyl sites for hydroxylation is 1. The van der Waals surface area contributed by atoms with Crippen molar-refractivity contribution in [3.8, 4) is 0 Å². The van der Waals surface area contributed by atoms with E-state index >= 15 is 0 Å². The molecule has 21 heavy (non-hydrogen) atoms. The summed E-state index contributed by atoms with van der Waals surface area (Å²) in [7, 11) is 0. The Morgan fingerprint density at radius 1 is 1.19 bits per heavy atom. The fourth-order valence-corrected chi connectivity index (χ4v) is 4.35. The van der Waals surface area contributed by atoms with E-state index < -0.39 is 0 Å². The van der Waals surface area contributed by atoms with E-state index in [4.69, 9.17) is 28.2 Å². The molecule has 2 atom stereocenters. The molecule has 114 valence electrons. The Hall–Kier alpha value is -0.730. The zero-order valence-electron chi connectivity index (χ0n) is 12.6. The van der Waals surface area contributed by atoms with E-state index in [0.717, 1.165) is 40.1 Å². The van der Waals surface area contributed by atoms with Gasteiger partial charge in [0.2, 0.25) is 0 Å². The molecule has 1 fully saturated rings. The molecule has 0 saturated heterocycles. The van der Waals surface area contributed by atoms with E-state index in [1.54, 1.807) is 0 Å². The molecule has 1 aliphatic carbocycles. The summed E-state index contributed by atoms with van der Waals surface area (Å²) in [5.74, 6) is 3.18. The number of imidazole rings is 1. The first-order valence-electron chi connectivity index (χ1n) is 7.81. The quantitative estimate of drug-likeness (QED) is 0.684. The van der Waals surface area contributed by atoms with Gasteiger partial charge in [-0.1, -0.05) is 31.5 Å². The minimum Gasteiger partial charge on any atom is -0.324 e. The van der Waals surface area contributed by atoms with Crippen molar-refractivity contribution in [3.63, 3.8) is 0 Å². The second-order valence-corrected chi connectivity index (χ2v) is 7.30. The van der Waals surface area contributed by atoms with Crippen LogP contribution in [0.15, 0.2) is 18.2 Å². The van der Waals surface area contributed by atoms with Crippen molar-refractivity contribution in [1.82, 2.24) is 9.55 Å². The third-order valence-corrected chi connectivity index (χ3v) is 5.06. The summed E-state index contributed by atoms with van der Waals surface area (Å²) in [6.45, 7) is 4.70. The Morgan fingerprint density at radius 3 is 2.57 bits per heavy atom. The summed E-state index contributed by atoms with van der Waals surface area (Å²) in [5, 5.41) is 0.798. The number of hydrogen-bond donors (Lipinski definition) is 0. The maximum Gasteiger partial charge on any atom is 0.111 e. The van der Waals surface area contributed by atoms with Gasteiger partial charge in [0.25, 0.3) is 0 Å². The second kappa shape index (κ2) is 6.18. The highest BCUT2D eigenvalue weighted by Gasteiger charge is 2.28. The smallest absolute Gasteiger partial charge is 0.111 e. The normalized spacial score (nSPS) is 26.4. The summed E-state index contributed by atoms with van der Waals surface area (Å²) in [6, 6.07) is 6.47. The number of aromatic nitrogens is 2. The van der Waals surface area contributed by atoms with Crippen molar-refractivity contribution < 1.29 is 0 Å². The van der Waals surface area contributed by atoms with Crippen molar-refractivity contribution in [2.75, 3.05) is 5.88 Å². The summed E-state index contributed by atoms with van der Waals surface area (Å²) in [5.41, 5.74) is 2.08. The Labute approximate surface area is 136 Å². The number of alkyl halides is 1. The standard InChI is InChI=1S/C17H22Cl2N2/c1-11-8-12(2)10-13(9-11)21-16(6-7-18)20-15-5-3-4-14(19)17(15)21/h3-5,11-13H,6-10H2,1-2H3. The summed E-state index contributed by atoms with van der Waals surface area (Å²) < 4.78 is 2.38. The molecule has 4 heteroatoms. The van der Waals surface area contributed by atoms with Crippen molar-refractivity contribution in [3.05, 3.63) is 29.0 Å². The van der Waals surface area contributed by atoms with Gasteiger partial charge in [-0.15, -0.1) is 11.6 Å². The van der Waals surface area contributed by atoms with Gasteiger partial charge in [-0.05, 0) is 43.2 Å². The molecule has 2 nitrogen and oxygen atoms in total. The topological polar surface area (TPSA) is 17.8 Å². The number of hydrogen-bond acceptors (Lipinski definition) is 1. The van der Waals surface area contributed by atoms with E-state index in [-0.39, 0.29) is 0 Å². The highest BCUT2D eigenvalue weighted by atomic mass is 35.5. The summed E-state index contributed by atoms with van der Waals surface area (Å²) >= 11 is 12.5. The van der Waals surface area contributed by atoms with Crippen molar-refractivity contribution in [2.24, 2.45) is 11.8 Å². The molecule has 1 saturated carbocycles. The molecule has 1 aromatic heterocycles. The van der Waals surface area contributed by atoms with E-state index in [9.17, 15) is 0 Å². The average molecular weight is 325 g/mol. The van der Waals surface area contributed by atoms with Crippen LogP contribution in [0.25, 0.3) is 11.0 Å². The minimum absolute atomic E-state index is 0.492. The van der Waals surface area contributed by atoms with Crippen LogP contribution >= 0.6 is 23.2 Å². The van der Waals surface area contributed by atoms with Crippen molar-refractivity contribution in [1.29, 1.82) is 0 Å². The first kappa shape index (κ1) is 15.2. The Kier molecular flexibility index (Phi) is 4.46. The fourth-order valence-electron chi connectivity index (χ4n) is 3.92. The molecular weight excluding hydrogens is 303 g/mol. The lowest BCUT2D eigenvalue weighted by atomic mass is 9.80. The van der Waals surface area contributed by atoms with Gasteiger partial charge in [0, 0.05) is 18.3 Å². The van der Waals surface area contributed by atoms with Gasteiger partial charge in [0.1, 0.15) is 5.82 Å². The van der Waals surface area contributed by atoms with E-state index in [1.165, 1.54) is 19.3 Å². The zero-order valence-corrected chi connectivity index (χ0v) is 14.2. The average Bonchev–Trinajstić information content (AvgIpc) is 2.77. The van der Waals surface area contributed by atoms with Crippen LogP contribution in [0.5, 0.6) is 0 Å². The SMILES string of the molecule is CC1CC(C)CC(n2c(CCCl)nc3cccc(Cl)c32)C1. The van der Waals surface area contributed by atoms with E-state index in [2.05, 4.69) is 18.4 Å². The molecule has 0 spiro atoms. The highest BCUT2D eigenvalue weighted by Crippen LogP contribution is 2.39. The summed E-state index contributed by atoms with van der Waals surface area (Å²) in [6.07, 6.45) is 4.53. The molecule has 2 unspecified atom stereocenters. The second-order valence-electron chi connectivity index (χ2n) is 6.52. The molecular formula is C17H22Cl2N2. The van der Waals surface area contributed by atoms with Gasteiger partial charge in [0.15, 0.2) is 0 Å². The third kappa shape index (κ3) is 2.93. The first-order chi connectivity index (χ1) is 10.1. The molecule has 1 heterocycles. The van der Waals surface area contributed by atoms with Crippen molar-refractivity contribution >= 4 is 34.2 Å². The summed E-state index contributed by atoms with van der Waals surface area (Å²) in [4.78, 5) is 4.78. The largest absolute Gasteiger partial charge is 0.324 e. The number of benzene rings is 1. The fraction of sp³-hybridized carbons (Fsp3) is 0.588. The Balaban J connectivity index is 2.12. The molecule has 0 bridgehead atoms. The zero-order chi connectivity index (χ0) is 15.0. The van der Waals surface area contributed by atoms with E-state index in [1.807, 2.05) is 18.2 Å². The van der Waals surface area contributed by atoms with Gasteiger partial charge in [-0.3, -0.25) is 0 Å². The monoisotopic (exact) mass is 324 g/mol. The predicted octanol–water partition coefficient (Wildman–Crippen LogP) is 5.47. The third-order valence-electron chi connectivity index (χ3n) is 4.57. The van der Waals surface area contributed by atoms with Crippen LogP contribution in [0, 0.1) is 11.8 Å². The molecule has 0 aliphatic heterocycles. The molecule has 3 rings (SSSR count). The maximum atomic E-state index is 6.47. The lowest BCUT2D eigenvalue weighted by Crippen LogP contribution is -2.24. The number of nitrogens with zero attached hydrogens (tertiary/aromatic N) is 2.